The van der Waals surface area contributed by atoms with Gasteiger partial charge in [0.05, 0.1) is 5.56 Å². The maximum atomic E-state index is 13.4. The van der Waals surface area contributed by atoms with Crippen molar-refractivity contribution in [2.75, 3.05) is 11.9 Å². The molecule has 0 aliphatic rings. The van der Waals surface area contributed by atoms with E-state index in [4.69, 9.17) is 5.11 Å². The zero-order valence-corrected chi connectivity index (χ0v) is 18.0. The van der Waals surface area contributed by atoms with Crippen molar-refractivity contribution >= 4 is 23.5 Å². The van der Waals surface area contributed by atoms with Gasteiger partial charge in [-0.25, -0.2) is 19.2 Å². The molecule has 0 saturated carbocycles. The Hall–Kier alpha value is -4.59. The molecule has 4 aromatic rings. The molecule has 7 nitrogen and oxygen atoms in total. The fourth-order valence-electron chi connectivity index (χ4n) is 3.31. The van der Waals surface area contributed by atoms with E-state index in [0.29, 0.717) is 41.3 Å². The third-order valence-corrected chi connectivity index (χ3v) is 5.09. The average Bonchev–Trinajstić information content (AvgIpc) is 2.85. The fraction of sp³-hybridized carbons (Fsp3) is 0.0769. The standard InChI is InChI=1S/C26H21FN4O3/c27-22-5-1-3-19(13-22)21-15-29-26(30-16-21)31-23-6-2-4-20(14-23)24(32)28-12-11-17-7-9-18(10-8-17)25(33)34/h1-10,13-16H,11-12H2,(H,28,32)(H,33,34)(H,29,30,31). The van der Waals surface area contributed by atoms with Crippen molar-refractivity contribution in [1.82, 2.24) is 15.3 Å². The van der Waals surface area contributed by atoms with Crippen molar-refractivity contribution in [2.45, 2.75) is 6.42 Å². The predicted molar refractivity (Wildman–Crippen MR) is 127 cm³/mol. The molecule has 3 N–H and O–H groups in total. The van der Waals surface area contributed by atoms with E-state index >= 15 is 0 Å². The van der Waals surface area contributed by atoms with Crippen molar-refractivity contribution < 1.29 is 19.1 Å². The highest BCUT2D eigenvalue weighted by Gasteiger charge is 2.08. The lowest BCUT2D eigenvalue weighted by molar-refractivity contribution is 0.0696. The molecule has 1 amide bonds. The number of carbonyl (C=O) groups excluding carboxylic acids is 1. The number of carboxylic acids is 1. The third-order valence-electron chi connectivity index (χ3n) is 5.09. The van der Waals surface area contributed by atoms with Gasteiger partial charge < -0.3 is 15.7 Å². The molecule has 0 spiro atoms. The fourth-order valence-corrected chi connectivity index (χ4v) is 3.31. The summed E-state index contributed by atoms with van der Waals surface area (Å²) in [6, 6.07) is 19.7. The van der Waals surface area contributed by atoms with Crippen LogP contribution in [0.2, 0.25) is 0 Å². The van der Waals surface area contributed by atoms with Gasteiger partial charge in [-0.2, -0.15) is 0 Å². The monoisotopic (exact) mass is 456 g/mol. The lowest BCUT2D eigenvalue weighted by atomic mass is 10.1. The Labute approximate surface area is 195 Å². The highest BCUT2D eigenvalue weighted by atomic mass is 19.1. The minimum absolute atomic E-state index is 0.227. The van der Waals surface area contributed by atoms with E-state index < -0.39 is 5.97 Å². The number of amides is 1. The van der Waals surface area contributed by atoms with Gasteiger partial charge in [0.2, 0.25) is 5.95 Å². The molecule has 0 unspecified atom stereocenters. The molecular weight excluding hydrogens is 435 g/mol. The smallest absolute Gasteiger partial charge is 0.335 e. The van der Waals surface area contributed by atoms with Crippen LogP contribution in [-0.2, 0) is 6.42 Å². The minimum Gasteiger partial charge on any atom is -0.478 e. The molecular formula is C26H21FN4O3. The van der Waals surface area contributed by atoms with Crippen LogP contribution in [0, 0.1) is 5.82 Å². The van der Waals surface area contributed by atoms with Gasteiger partial charge >= 0.3 is 5.97 Å². The van der Waals surface area contributed by atoms with Crippen LogP contribution in [0.1, 0.15) is 26.3 Å². The Bertz CT molecular complexity index is 1310. The number of aromatic carboxylic acids is 1. The number of carbonyl (C=O) groups is 2. The number of benzene rings is 3. The van der Waals surface area contributed by atoms with Gasteiger partial charge in [0.1, 0.15) is 5.82 Å². The minimum atomic E-state index is -0.971. The zero-order chi connectivity index (χ0) is 23.9. The van der Waals surface area contributed by atoms with Crippen LogP contribution >= 0.6 is 0 Å². The first-order chi connectivity index (χ1) is 16.5. The Kier molecular flexibility index (Phi) is 6.88. The number of nitrogens with zero attached hydrogens (tertiary/aromatic N) is 2. The molecule has 0 aliphatic heterocycles. The number of hydrogen-bond donors (Lipinski definition) is 3. The molecule has 1 heterocycles. The van der Waals surface area contributed by atoms with Crippen molar-refractivity contribution in [1.29, 1.82) is 0 Å². The van der Waals surface area contributed by atoms with Crippen LogP contribution in [0.25, 0.3) is 11.1 Å². The van der Waals surface area contributed by atoms with Crippen molar-refractivity contribution in [3.8, 4) is 11.1 Å². The van der Waals surface area contributed by atoms with E-state index in [1.54, 1.807) is 73.1 Å². The summed E-state index contributed by atoms with van der Waals surface area (Å²) >= 11 is 0. The van der Waals surface area contributed by atoms with Crippen LogP contribution in [0.15, 0.2) is 85.2 Å². The maximum Gasteiger partial charge on any atom is 0.335 e. The van der Waals surface area contributed by atoms with E-state index in [9.17, 15) is 14.0 Å². The van der Waals surface area contributed by atoms with Crippen LogP contribution in [0.3, 0.4) is 0 Å². The van der Waals surface area contributed by atoms with Gasteiger partial charge in [0.25, 0.3) is 5.91 Å². The molecule has 0 aliphatic carbocycles. The van der Waals surface area contributed by atoms with Crippen molar-refractivity contribution in [3.05, 3.63) is 108 Å². The number of anilines is 2. The SMILES string of the molecule is O=C(O)c1ccc(CCNC(=O)c2cccc(Nc3ncc(-c4cccc(F)c4)cn3)c2)cc1. The van der Waals surface area contributed by atoms with Gasteiger partial charge in [0, 0.05) is 35.8 Å². The van der Waals surface area contributed by atoms with Gasteiger partial charge in [-0.3, -0.25) is 4.79 Å². The quantitative estimate of drug-likeness (QED) is 0.355. The Morgan fingerprint density at radius 3 is 2.29 bits per heavy atom. The number of rotatable bonds is 8. The number of hydrogen-bond acceptors (Lipinski definition) is 5. The second kappa shape index (κ2) is 10.4. The first-order valence-corrected chi connectivity index (χ1v) is 10.5. The first kappa shape index (κ1) is 22.6. The van der Waals surface area contributed by atoms with Crippen molar-refractivity contribution in [2.24, 2.45) is 0 Å². The lowest BCUT2D eigenvalue weighted by Crippen LogP contribution is -2.25. The molecule has 0 fully saturated rings. The molecule has 3 aromatic carbocycles. The average molecular weight is 456 g/mol. The summed E-state index contributed by atoms with van der Waals surface area (Å²) in [7, 11) is 0. The summed E-state index contributed by atoms with van der Waals surface area (Å²) in [6.45, 7) is 0.410. The lowest BCUT2D eigenvalue weighted by Gasteiger charge is -2.09. The van der Waals surface area contributed by atoms with E-state index in [2.05, 4.69) is 20.6 Å². The summed E-state index contributed by atoms with van der Waals surface area (Å²) in [4.78, 5) is 32.0. The van der Waals surface area contributed by atoms with E-state index in [-0.39, 0.29) is 17.3 Å². The Morgan fingerprint density at radius 2 is 1.59 bits per heavy atom. The number of nitrogens with one attached hydrogen (secondary N) is 2. The molecule has 4 rings (SSSR count). The predicted octanol–water partition coefficient (Wildman–Crippen LogP) is 4.70. The second-order valence-corrected chi connectivity index (χ2v) is 7.52. The molecule has 0 radical (unpaired) electrons. The largest absolute Gasteiger partial charge is 0.478 e. The van der Waals surface area contributed by atoms with Crippen LogP contribution in [0.4, 0.5) is 16.0 Å². The maximum absolute atomic E-state index is 13.4. The van der Waals surface area contributed by atoms with Gasteiger partial charge in [0.15, 0.2) is 0 Å². The third kappa shape index (κ3) is 5.80. The van der Waals surface area contributed by atoms with Crippen LogP contribution in [0.5, 0.6) is 0 Å². The van der Waals surface area contributed by atoms with Gasteiger partial charge in [-0.1, -0.05) is 30.3 Å². The summed E-state index contributed by atoms with van der Waals surface area (Å²) in [5, 5.41) is 14.9. The molecule has 34 heavy (non-hydrogen) atoms. The van der Waals surface area contributed by atoms with Crippen molar-refractivity contribution in [3.63, 3.8) is 0 Å². The molecule has 170 valence electrons. The molecule has 0 saturated heterocycles. The zero-order valence-electron chi connectivity index (χ0n) is 18.0. The summed E-state index contributed by atoms with van der Waals surface area (Å²) in [5.41, 5.74) is 3.65. The topological polar surface area (TPSA) is 104 Å². The van der Waals surface area contributed by atoms with E-state index in [0.717, 1.165) is 5.56 Å². The van der Waals surface area contributed by atoms with Gasteiger partial charge in [-0.15, -0.1) is 0 Å². The van der Waals surface area contributed by atoms with E-state index in [1.165, 1.54) is 12.1 Å². The molecule has 0 atom stereocenters. The summed E-state index contributed by atoms with van der Waals surface area (Å²) < 4.78 is 13.4. The molecule has 8 heteroatoms. The van der Waals surface area contributed by atoms with Crippen LogP contribution < -0.4 is 10.6 Å². The Morgan fingerprint density at radius 1 is 0.853 bits per heavy atom. The first-order valence-electron chi connectivity index (χ1n) is 10.5. The molecule has 1 aromatic heterocycles. The van der Waals surface area contributed by atoms with Gasteiger partial charge in [-0.05, 0) is 60.0 Å². The Balaban J connectivity index is 1.34. The number of carboxylic acid groups (broad SMARTS) is 1. The highest BCUT2D eigenvalue weighted by Crippen LogP contribution is 2.20. The van der Waals surface area contributed by atoms with E-state index in [1.807, 2.05) is 0 Å². The number of aromatic nitrogens is 2. The summed E-state index contributed by atoms with van der Waals surface area (Å²) in [5.74, 6) is -1.18. The molecule has 0 bridgehead atoms. The normalized spacial score (nSPS) is 10.5. The number of halogens is 1. The summed E-state index contributed by atoms with van der Waals surface area (Å²) in [6.07, 6.45) is 3.78. The second-order valence-electron chi connectivity index (χ2n) is 7.52. The highest BCUT2D eigenvalue weighted by molar-refractivity contribution is 5.95. The van der Waals surface area contributed by atoms with Crippen LogP contribution in [-0.4, -0.2) is 33.5 Å².